The van der Waals surface area contributed by atoms with Crippen molar-refractivity contribution in [2.24, 2.45) is 0 Å². The summed E-state index contributed by atoms with van der Waals surface area (Å²) < 4.78 is 59.3. The summed E-state index contributed by atoms with van der Waals surface area (Å²) in [6.45, 7) is 15.7. The Balaban J connectivity index is 3.09. The van der Waals surface area contributed by atoms with Crippen LogP contribution in [0.1, 0.15) is 27.2 Å². The first-order valence-corrected chi connectivity index (χ1v) is 15.1. The van der Waals surface area contributed by atoms with E-state index >= 15 is 0 Å². The Morgan fingerprint density at radius 1 is 0.425 bits per heavy atom. The van der Waals surface area contributed by atoms with Crippen LogP contribution < -0.4 is 0 Å². The molecule has 0 bridgehead atoms. The Morgan fingerprint density at radius 2 is 0.650 bits per heavy atom. The molecule has 0 amide bonds. The van der Waals surface area contributed by atoms with Gasteiger partial charge in [-0.3, -0.25) is 4.79 Å². The fourth-order valence-electron chi connectivity index (χ4n) is 2.68. The molecule has 0 aromatic carbocycles. The molecule has 0 aliphatic rings. The SMILES string of the molecule is CC(C)(C)OC(=O)CCOCCOCCOCCOCCOCCOCCOCCOCCOCCOCCBr. The minimum absolute atomic E-state index is 0.235. The topological polar surface area (TPSA) is 119 Å². The molecule has 0 radical (unpaired) electrons. The van der Waals surface area contributed by atoms with E-state index in [9.17, 15) is 4.79 Å². The number of rotatable bonds is 32. The van der Waals surface area contributed by atoms with Gasteiger partial charge in [-0.1, -0.05) is 15.9 Å². The highest BCUT2D eigenvalue weighted by atomic mass is 79.9. The Labute approximate surface area is 249 Å². The normalized spacial score (nSPS) is 11.8. The third kappa shape index (κ3) is 35.6. The molecular weight excluding hydrogens is 596 g/mol. The zero-order chi connectivity index (χ0) is 29.4. The van der Waals surface area contributed by atoms with Crippen LogP contribution in [0, 0.1) is 0 Å². The van der Waals surface area contributed by atoms with Crippen LogP contribution in [-0.4, -0.2) is 149 Å². The van der Waals surface area contributed by atoms with Gasteiger partial charge in [0.25, 0.3) is 0 Å². The van der Waals surface area contributed by atoms with Gasteiger partial charge in [-0.15, -0.1) is 0 Å². The first-order chi connectivity index (χ1) is 19.5. The van der Waals surface area contributed by atoms with E-state index in [0.717, 1.165) is 5.33 Å². The van der Waals surface area contributed by atoms with Crippen LogP contribution in [0.15, 0.2) is 0 Å². The Bertz CT molecular complexity index is 522. The molecule has 0 saturated carbocycles. The van der Waals surface area contributed by atoms with E-state index in [1.54, 1.807) is 0 Å². The van der Waals surface area contributed by atoms with Crippen LogP contribution in [0.2, 0.25) is 0 Å². The van der Waals surface area contributed by atoms with Crippen LogP contribution in [0.3, 0.4) is 0 Å². The highest BCUT2D eigenvalue weighted by Crippen LogP contribution is 2.08. The van der Waals surface area contributed by atoms with E-state index in [2.05, 4.69) is 15.9 Å². The van der Waals surface area contributed by atoms with Crippen molar-refractivity contribution < 1.29 is 56.9 Å². The van der Waals surface area contributed by atoms with Crippen LogP contribution >= 0.6 is 15.9 Å². The van der Waals surface area contributed by atoms with Gasteiger partial charge in [0.05, 0.1) is 139 Å². The van der Waals surface area contributed by atoms with Gasteiger partial charge in [0, 0.05) is 5.33 Å². The number of esters is 1. The molecule has 0 aromatic heterocycles. The molecule has 0 N–H and O–H groups in total. The average Bonchev–Trinajstić information content (AvgIpc) is 2.90. The maximum Gasteiger partial charge on any atom is 0.308 e. The quantitative estimate of drug-likeness (QED) is 0.0605. The van der Waals surface area contributed by atoms with E-state index in [1.165, 1.54) is 0 Å². The van der Waals surface area contributed by atoms with E-state index in [0.29, 0.717) is 132 Å². The predicted molar refractivity (Wildman–Crippen MR) is 152 cm³/mol. The van der Waals surface area contributed by atoms with Gasteiger partial charge in [0.15, 0.2) is 0 Å². The first kappa shape index (κ1) is 39.5. The second kappa shape index (κ2) is 31.5. The lowest BCUT2D eigenvalue weighted by Crippen LogP contribution is -2.24. The van der Waals surface area contributed by atoms with Gasteiger partial charge >= 0.3 is 5.97 Å². The van der Waals surface area contributed by atoms with E-state index in [1.807, 2.05) is 20.8 Å². The second-order valence-electron chi connectivity index (χ2n) is 9.15. The summed E-state index contributed by atoms with van der Waals surface area (Å²) in [5.41, 5.74) is -0.470. The number of halogens is 1. The molecule has 12 nitrogen and oxygen atoms in total. The minimum Gasteiger partial charge on any atom is -0.460 e. The van der Waals surface area contributed by atoms with Gasteiger partial charge in [-0.2, -0.15) is 0 Å². The number of hydrogen-bond acceptors (Lipinski definition) is 12. The zero-order valence-electron chi connectivity index (χ0n) is 24.8. The van der Waals surface area contributed by atoms with Crippen LogP contribution in [0.25, 0.3) is 0 Å². The number of carbonyl (C=O) groups is 1. The summed E-state index contributed by atoms with van der Waals surface area (Å²) in [4.78, 5) is 11.5. The molecule has 0 heterocycles. The molecule has 0 unspecified atom stereocenters. The lowest BCUT2D eigenvalue weighted by Gasteiger charge is -2.19. The lowest BCUT2D eigenvalue weighted by molar-refractivity contribution is -0.156. The Morgan fingerprint density at radius 3 is 0.875 bits per heavy atom. The summed E-state index contributed by atoms with van der Waals surface area (Å²) in [6, 6.07) is 0. The van der Waals surface area contributed by atoms with Crippen molar-refractivity contribution in [1.29, 1.82) is 0 Å². The monoisotopic (exact) mass is 648 g/mol. The van der Waals surface area contributed by atoms with Gasteiger partial charge < -0.3 is 52.1 Å². The molecule has 0 saturated heterocycles. The second-order valence-corrected chi connectivity index (χ2v) is 9.94. The lowest BCUT2D eigenvalue weighted by atomic mass is 10.2. The third-order valence-electron chi connectivity index (χ3n) is 4.44. The van der Waals surface area contributed by atoms with Crippen molar-refractivity contribution in [3.8, 4) is 0 Å². The molecule has 240 valence electrons. The van der Waals surface area contributed by atoms with Crippen molar-refractivity contribution in [3.63, 3.8) is 0 Å². The molecule has 0 spiro atoms. The van der Waals surface area contributed by atoms with E-state index in [-0.39, 0.29) is 12.4 Å². The van der Waals surface area contributed by atoms with Crippen molar-refractivity contribution in [2.75, 3.05) is 137 Å². The molecule has 13 heteroatoms. The van der Waals surface area contributed by atoms with Gasteiger partial charge in [-0.25, -0.2) is 0 Å². The molecule has 0 rings (SSSR count). The maximum absolute atomic E-state index is 11.5. The smallest absolute Gasteiger partial charge is 0.308 e. The largest absolute Gasteiger partial charge is 0.460 e. The molecule has 0 aromatic rings. The molecule has 0 aliphatic heterocycles. The molecule has 40 heavy (non-hydrogen) atoms. The van der Waals surface area contributed by atoms with Crippen LogP contribution in [0.4, 0.5) is 0 Å². The summed E-state index contributed by atoms with van der Waals surface area (Å²) in [6.07, 6.45) is 0.235. The fraction of sp³-hybridized carbons (Fsp3) is 0.963. The summed E-state index contributed by atoms with van der Waals surface area (Å²) >= 11 is 3.30. The number of alkyl halides is 1. The summed E-state index contributed by atoms with van der Waals surface area (Å²) in [5, 5.41) is 0.836. The molecular formula is C27H53BrO12. The maximum atomic E-state index is 11.5. The van der Waals surface area contributed by atoms with Crippen LogP contribution in [-0.2, 0) is 56.9 Å². The molecule has 0 fully saturated rings. The minimum atomic E-state index is -0.470. The predicted octanol–water partition coefficient (Wildman–Crippen LogP) is 2.28. The number of hydrogen-bond donors (Lipinski definition) is 0. The van der Waals surface area contributed by atoms with Crippen molar-refractivity contribution >= 4 is 21.9 Å². The van der Waals surface area contributed by atoms with E-state index in [4.69, 9.17) is 52.1 Å². The summed E-state index contributed by atoms with van der Waals surface area (Å²) in [5.74, 6) is -0.263. The highest BCUT2D eigenvalue weighted by molar-refractivity contribution is 9.09. The number of carbonyl (C=O) groups excluding carboxylic acids is 1. The molecule has 0 atom stereocenters. The fourth-order valence-corrected chi connectivity index (χ4v) is 2.91. The van der Waals surface area contributed by atoms with E-state index < -0.39 is 5.60 Å². The summed E-state index contributed by atoms with van der Waals surface area (Å²) in [7, 11) is 0. The zero-order valence-corrected chi connectivity index (χ0v) is 26.4. The average molecular weight is 650 g/mol. The Hall–Kier alpha value is -0.450. The van der Waals surface area contributed by atoms with Crippen molar-refractivity contribution in [1.82, 2.24) is 0 Å². The standard InChI is InChI=1S/C27H53BrO12/c1-27(2,3)40-26(29)4-6-30-8-10-32-12-14-34-16-18-36-20-22-38-24-25-39-23-21-37-19-17-35-15-13-33-11-9-31-7-5-28/h4-25H2,1-3H3. The van der Waals surface area contributed by atoms with Gasteiger partial charge in [0.1, 0.15) is 5.60 Å². The van der Waals surface area contributed by atoms with Crippen LogP contribution in [0.5, 0.6) is 0 Å². The number of ether oxygens (including phenoxy) is 11. The molecule has 0 aliphatic carbocycles. The first-order valence-electron chi connectivity index (χ1n) is 14.0. The third-order valence-corrected chi connectivity index (χ3v) is 4.76. The van der Waals surface area contributed by atoms with Gasteiger partial charge in [-0.05, 0) is 20.8 Å². The Kier molecular flexibility index (Phi) is 31.1. The van der Waals surface area contributed by atoms with Gasteiger partial charge in [0.2, 0.25) is 0 Å². The van der Waals surface area contributed by atoms with Crippen molar-refractivity contribution in [3.05, 3.63) is 0 Å². The van der Waals surface area contributed by atoms with Crippen molar-refractivity contribution in [2.45, 2.75) is 32.8 Å². The highest BCUT2D eigenvalue weighted by Gasteiger charge is 2.15.